The van der Waals surface area contributed by atoms with Gasteiger partial charge in [0.1, 0.15) is 23.9 Å². The number of rotatable bonds is 12. The molecule has 186 valence electrons. The number of ether oxygens (including phenoxy) is 3. The molecule has 0 aliphatic rings. The van der Waals surface area contributed by atoms with Gasteiger partial charge in [0.2, 0.25) is 0 Å². The third kappa shape index (κ3) is 7.89. The van der Waals surface area contributed by atoms with Crippen molar-refractivity contribution in [3.63, 3.8) is 0 Å². The molecule has 34 heavy (non-hydrogen) atoms. The van der Waals surface area contributed by atoms with Crippen molar-refractivity contribution >= 4 is 35.8 Å². The number of carbonyl (C=O) groups excluding carboxylic acids is 2. The highest BCUT2D eigenvalue weighted by Gasteiger charge is 2.24. The van der Waals surface area contributed by atoms with E-state index in [1.54, 1.807) is 38.1 Å². The fourth-order valence-corrected chi connectivity index (χ4v) is 3.04. The van der Waals surface area contributed by atoms with Crippen LogP contribution in [0.2, 0.25) is 0 Å². The number of benzene rings is 2. The van der Waals surface area contributed by atoms with Crippen LogP contribution in [0.15, 0.2) is 36.4 Å². The molecule has 0 bridgehead atoms. The van der Waals surface area contributed by atoms with Crippen molar-refractivity contribution < 1.29 is 28.2 Å². The second-order valence-electron chi connectivity index (χ2n) is 6.88. The van der Waals surface area contributed by atoms with Crippen LogP contribution in [0.4, 0.5) is 10.1 Å². The number of nitrogens with one attached hydrogen (secondary N) is 3. The summed E-state index contributed by atoms with van der Waals surface area (Å²) in [6.45, 7) is 3.81. The zero-order valence-electron chi connectivity index (χ0n) is 19.3. The van der Waals surface area contributed by atoms with Gasteiger partial charge in [-0.05, 0) is 37.6 Å². The molecule has 1 amide bonds. The molecule has 5 N–H and O–H groups in total. The third-order valence-electron chi connectivity index (χ3n) is 4.66. The normalized spacial score (nSPS) is 11.1. The van der Waals surface area contributed by atoms with Crippen molar-refractivity contribution in [2.24, 2.45) is 5.73 Å². The van der Waals surface area contributed by atoms with Crippen LogP contribution in [0.5, 0.6) is 5.75 Å². The van der Waals surface area contributed by atoms with Crippen LogP contribution in [0.3, 0.4) is 0 Å². The summed E-state index contributed by atoms with van der Waals surface area (Å²) >= 11 is 0. The van der Waals surface area contributed by atoms with Gasteiger partial charge in [-0.3, -0.25) is 15.0 Å². The summed E-state index contributed by atoms with van der Waals surface area (Å²) in [6.07, 6.45) is -1.16. The lowest BCUT2D eigenvalue weighted by molar-refractivity contribution is -0.141. The molecular formula is C23H30ClFN4O5. The van der Waals surface area contributed by atoms with Crippen LogP contribution in [-0.4, -0.2) is 44.6 Å². The number of methoxy groups -OCH3 is 1. The lowest BCUT2D eigenvalue weighted by Gasteiger charge is -2.19. The van der Waals surface area contributed by atoms with Gasteiger partial charge in [0.15, 0.2) is 6.10 Å². The SMILES string of the molecule is CCOC(=O)CNc1cc(C(=N)N)ccc1CNC(=O)C(OCC)c1ccc(OC)cc1F.Cl. The predicted octanol–water partition coefficient (Wildman–Crippen LogP) is 2.91. The van der Waals surface area contributed by atoms with E-state index in [0.717, 1.165) is 0 Å². The van der Waals surface area contributed by atoms with Crippen LogP contribution in [-0.2, 0) is 25.6 Å². The van der Waals surface area contributed by atoms with Crippen LogP contribution < -0.4 is 21.1 Å². The van der Waals surface area contributed by atoms with Crippen molar-refractivity contribution in [1.82, 2.24) is 5.32 Å². The monoisotopic (exact) mass is 496 g/mol. The average molecular weight is 497 g/mol. The number of amides is 1. The topological polar surface area (TPSA) is 136 Å². The van der Waals surface area contributed by atoms with Crippen LogP contribution in [0.25, 0.3) is 0 Å². The van der Waals surface area contributed by atoms with Crippen molar-refractivity contribution in [3.8, 4) is 5.75 Å². The summed E-state index contributed by atoms with van der Waals surface area (Å²) in [6, 6.07) is 9.09. The van der Waals surface area contributed by atoms with Crippen molar-refractivity contribution in [2.45, 2.75) is 26.5 Å². The van der Waals surface area contributed by atoms with Gasteiger partial charge in [0.05, 0.1) is 13.7 Å². The van der Waals surface area contributed by atoms with Gasteiger partial charge in [-0.1, -0.05) is 12.1 Å². The number of nitrogen functional groups attached to an aromatic ring is 1. The van der Waals surface area contributed by atoms with Gasteiger partial charge in [-0.25, -0.2) is 4.39 Å². The van der Waals surface area contributed by atoms with E-state index in [2.05, 4.69) is 10.6 Å². The number of amidine groups is 1. The number of hydrogen-bond acceptors (Lipinski definition) is 7. The first-order valence-electron chi connectivity index (χ1n) is 10.4. The Kier molecular flexibility index (Phi) is 11.8. The maximum atomic E-state index is 14.5. The minimum atomic E-state index is -1.16. The van der Waals surface area contributed by atoms with Crippen LogP contribution in [0.1, 0.15) is 36.6 Å². The zero-order valence-corrected chi connectivity index (χ0v) is 20.1. The summed E-state index contributed by atoms with van der Waals surface area (Å²) in [5.41, 5.74) is 7.23. The van der Waals surface area contributed by atoms with E-state index in [0.29, 0.717) is 22.6 Å². The van der Waals surface area contributed by atoms with Crippen LogP contribution in [0, 0.1) is 11.2 Å². The smallest absolute Gasteiger partial charge is 0.325 e. The predicted molar refractivity (Wildman–Crippen MR) is 129 cm³/mol. The summed E-state index contributed by atoms with van der Waals surface area (Å²) in [5.74, 6) is -1.42. The van der Waals surface area contributed by atoms with Crippen molar-refractivity contribution in [3.05, 3.63) is 58.9 Å². The summed E-state index contributed by atoms with van der Waals surface area (Å²) < 4.78 is 30.0. The molecule has 0 spiro atoms. The fraction of sp³-hybridized carbons (Fsp3) is 0.348. The van der Waals surface area contributed by atoms with Gasteiger partial charge in [-0.15, -0.1) is 12.4 Å². The lowest BCUT2D eigenvalue weighted by atomic mass is 10.1. The molecule has 0 heterocycles. The molecule has 9 nitrogen and oxygen atoms in total. The molecule has 0 fully saturated rings. The Morgan fingerprint density at radius 1 is 1.15 bits per heavy atom. The Labute approximate surface area is 204 Å². The summed E-state index contributed by atoms with van der Waals surface area (Å²) in [7, 11) is 1.42. The second-order valence-corrected chi connectivity index (χ2v) is 6.88. The Morgan fingerprint density at radius 2 is 1.88 bits per heavy atom. The summed E-state index contributed by atoms with van der Waals surface area (Å²) in [5, 5.41) is 13.3. The van der Waals surface area contributed by atoms with E-state index in [4.69, 9.17) is 25.4 Å². The zero-order chi connectivity index (χ0) is 24.4. The van der Waals surface area contributed by atoms with E-state index >= 15 is 0 Å². The fourth-order valence-electron chi connectivity index (χ4n) is 3.04. The second kappa shape index (κ2) is 14.0. The molecule has 11 heteroatoms. The van der Waals surface area contributed by atoms with Gasteiger partial charge in [0, 0.05) is 36.0 Å². The lowest BCUT2D eigenvalue weighted by Crippen LogP contribution is -2.31. The molecule has 0 aliphatic heterocycles. The molecule has 0 saturated heterocycles. The number of esters is 1. The van der Waals surface area contributed by atoms with E-state index < -0.39 is 23.8 Å². The highest BCUT2D eigenvalue weighted by atomic mass is 35.5. The molecule has 2 rings (SSSR count). The number of halogens is 2. The molecule has 0 aliphatic carbocycles. The highest BCUT2D eigenvalue weighted by molar-refractivity contribution is 5.96. The molecule has 2 aromatic carbocycles. The van der Waals surface area contributed by atoms with Gasteiger partial charge < -0.3 is 30.6 Å². The van der Waals surface area contributed by atoms with E-state index in [1.807, 2.05) is 0 Å². The number of anilines is 1. The molecule has 1 unspecified atom stereocenters. The molecular weight excluding hydrogens is 467 g/mol. The average Bonchev–Trinajstić information content (AvgIpc) is 2.80. The quantitative estimate of drug-likeness (QED) is 0.201. The van der Waals surface area contributed by atoms with E-state index in [-0.39, 0.29) is 50.1 Å². The van der Waals surface area contributed by atoms with Gasteiger partial charge in [0.25, 0.3) is 5.91 Å². The molecule has 0 aromatic heterocycles. The van der Waals surface area contributed by atoms with E-state index in [9.17, 15) is 14.0 Å². The van der Waals surface area contributed by atoms with Crippen LogP contribution >= 0.6 is 12.4 Å². The Hall–Kier alpha value is -3.37. The molecule has 2 aromatic rings. The maximum absolute atomic E-state index is 14.5. The van der Waals surface area contributed by atoms with E-state index in [1.165, 1.54) is 19.2 Å². The maximum Gasteiger partial charge on any atom is 0.325 e. The minimum Gasteiger partial charge on any atom is -0.497 e. The van der Waals surface area contributed by atoms with Gasteiger partial charge >= 0.3 is 5.97 Å². The largest absolute Gasteiger partial charge is 0.497 e. The molecule has 0 radical (unpaired) electrons. The number of carbonyl (C=O) groups is 2. The first kappa shape index (κ1) is 28.7. The first-order chi connectivity index (χ1) is 15.8. The third-order valence-corrected chi connectivity index (χ3v) is 4.66. The molecule has 1 atom stereocenters. The number of nitrogens with two attached hydrogens (primary N) is 1. The van der Waals surface area contributed by atoms with Gasteiger partial charge in [-0.2, -0.15) is 0 Å². The Balaban J connectivity index is 0.00000578. The standard InChI is InChI=1S/C23H29FN4O5.ClH/c1-4-32-20(29)13-27-19-10-14(22(25)26)6-7-15(19)12-28-23(30)21(33-5-2)17-9-8-16(31-3)11-18(17)24;/h6-11,21,27H,4-5,12-13H2,1-3H3,(H3,25,26)(H,28,30);1H. The summed E-state index contributed by atoms with van der Waals surface area (Å²) in [4.78, 5) is 24.6. The van der Waals surface area contributed by atoms with Crippen molar-refractivity contribution in [2.75, 3.05) is 32.2 Å². The highest BCUT2D eigenvalue weighted by Crippen LogP contribution is 2.25. The number of hydrogen-bond donors (Lipinski definition) is 4. The van der Waals surface area contributed by atoms with Crippen molar-refractivity contribution in [1.29, 1.82) is 5.41 Å². The first-order valence-corrected chi connectivity index (χ1v) is 10.4. The Morgan fingerprint density at radius 3 is 2.47 bits per heavy atom. The molecule has 0 saturated carbocycles. The minimum absolute atomic E-state index is 0. The Bertz CT molecular complexity index is 1010.